The van der Waals surface area contributed by atoms with Gasteiger partial charge in [-0.1, -0.05) is 12.1 Å². The number of rotatable bonds is 3. The summed E-state index contributed by atoms with van der Waals surface area (Å²) in [5.41, 5.74) is 0.923. The summed E-state index contributed by atoms with van der Waals surface area (Å²) in [5.74, 6) is 1.51. The summed E-state index contributed by atoms with van der Waals surface area (Å²) < 4.78 is 0.973. The van der Waals surface area contributed by atoms with Crippen LogP contribution in [0.4, 0.5) is 0 Å². The van der Waals surface area contributed by atoms with Gasteiger partial charge in [0, 0.05) is 10.9 Å². The number of benzene rings is 1. The molecular formula is C13H16BrN5. The molecule has 100 valence electrons. The molecule has 0 aliphatic carbocycles. The zero-order chi connectivity index (χ0) is 13.1. The van der Waals surface area contributed by atoms with Crippen molar-refractivity contribution >= 4 is 15.9 Å². The smallest absolute Gasteiger partial charge is 0.175 e. The Morgan fingerprint density at radius 2 is 2.05 bits per heavy atom. The second kappa shape index (κ2) is 5.79. The van der Waals surface area contributed by atoms with Crippen LogP contribution in [0.2, 0.25) is 0 Å². The Hall–Kier alpha value is -1.27. The summed E-state index contributed by atoms with van der Waals surface area (Å²) in [6.45, 7) is 2.20. The van der Waals surface area contributed by atoms with Crippen LogP contribution in [0.15, 0.2) is 28.7 Å². The van der Waals surface area contributed by atoms with Gasteiger partial charge in [0.05, 0.1) is 0 Å². The highest BCUT2D eigenvalue weighted by molar-refractivity contribution is 9.10. The van der Waals surface area contributed by atoms with Crippen LogP contribution in [0.5, 0.6) is 0 Å². The molecule has 1 N–H and O–H groups in total. The van der Waals surface area contributed by atoms with E-state index in [0.717, 1.165) is 35.5 Å². The molecule has 19 heavy (non-hydrogen) atoms. The standard InChI is InChI=1S/C13H16BrN5/c14-11-3-1-2-4-12(11)19-17-13(16-18-19)9-10-5-7-15-8-6-10/h1-4,10,15H,5-9H2. The van der Waals surface area contributed by atoms with Gasteiger partial charge >= 0.3 is 0 Å². The molecule has 2 aromatic rings. The van der Waals surface area contributed by atoms with Gasteiger partial charge in [0.2, 0.25) is 0 Å². The van der Waals surface area contributed by atoms with E-state index in [9.17, 15) is 0 Å². The molecule has 1 saturated heterocycles. The summed E-state index contributed by atoms with van der Waals surface area (Å²) >= 11 is 3.50. The molecule has 0 spiro atoms. The first-order valence-corrected chi connectivity index (χ1v) is 7.37. The van der Waals surface area contributed by atoms with E-state index in [4.69, 9.17) is 0 Å². The number of tetrazole rings is 1. The van der Waals surface area contributed by atoms with E-state index in [1.54, 1.807) is 4.80 Å². The highest BCUT2D eigenvalue weighted by atomic mass is 79.9. The van der Waals surface area contributed by atoms with E-state index < -0.39 is 0 Å². The van der Waals surface area contributed by atoms with Crippen molar-refractivity contribution in [2.75, 3.05) is 13.1 Å². The van der Waals surface area contributed by atoms with E-state index in [1.165, 1.54) is 12.8 Å². The maximum absolute atomic E-state index is 4.48. The average Bonchev–Trinajstić information content (AvgIpc) is 2.89. The van der Waals surface area contributed by atoms with E-state index in [1.807, 2.05) is 24.3 Å². The molecule has 1 aromatic carbocycles. The van der Waals surface area contributed by atoms with Crippen LogP contribution >= 0.6 is 15.9 Å². The minimum Gasteiger partial charge on any atom is -0.317 e. The molecule has 3 rings (SSSR count). The van der Waals surface area contributed by atoms with Gasteiger partial charge in [-0.25, -0.2) is 0 Å². The number of para-hydroxylation sites is 1. The molecule has 0 amide bonds. The van der Waals surface area contributed by atoms with Gasteiger partial charge in [-0.3, -0.25) is 0 Å². The third-order valence-electron chi connectivity index (χ3n) is 3.45. The Morgan fingerprint density at radius 3 is 2.84 bits per heavy atom. The Morgan fingerprint density at radius 1 is 1.26 bits per heavy atom. The van der Waals surface area contributed by atoms with Crippen LogP contribution < -0.4 is 5.32 Å². The van der Waals surface area contributed by atoms with E-state index in [0.29, 0.717) is 5.92 Å². The van der Waals surface area contributed by atoms with Crippen molar-refractivity contribution in [2.24, 2.45) is 5.92 Å². The second-order valence-electron chi connectivity index (χ2n) is 4.84. The van der Waals surface area contributed by atoms with Gasteiger partial charge in [0.25, 0.3) is 0 Å². The SMILES string of the molecule is Brc1ccccc1-n1nnc(CC2CCNCC2)n1. The number of piperidine rings is 1. The lowest BCUT2D eigenvalue weighted by molar-refractivity contribution is 0.367. The Kier molecular flexibility index (Phi) is 3.89. The number of halogens is 1. The normalized spacial score (nSPS) is 16.7. The summed E-state index contributed by atoms with van der Waals surface area (Å²) in [6.07, 6.45) is 3.32. The molecule has 1 aliphatic heterocycles. The predicted octanol–water partition coefficient (Wildman–Crippen LogP) is 1.97. The fourth-order valence-corrected chi connectivity index (χ4v) is 2.83. The van der Waals surface area contributed by atoms with Crippen molar-refractivity contribution < 1.29 is 0 Å². The van der Waals surface area contributed by atoms with Crippen molar-refractivity contribution in [2.45, 2.75) is 19.3 Å². The first-order valence-electron chi connectivity index (χ1n) is 6.57. The second-order valence-corrected chi connectivity index (χ2v) is 5.70. The van der Waals surface area contributed by atoms with E-state index in [-0.39, 0.29) is 0 Å². The van der Waals surface area contributed by atoms with Gasteiger partial charge in [0.1, 0.15) is 5.69 Å². The zero-order valence-electron chi connectivity index (χ0n) is 10.6. The fraction of sp³-hybridized carbons (Fsp3) is 0.462. The summed E-state index contributed by atoms with van der Waals surface area (Å²) in [5, 5.41) is 16.2. The zero-order valence-corrected chi connectivity index (χ0v) is 12.2. The van der Waals surface area contributed by atoms with Gasteiger partial charge in [-0.05, 0) is 65.1 Å². The van der Waals surface area contributed by atoms with Gasteiger partial charge in [0.15, 0.2) is 5.82 Å². The Balaban J connectivity index is 1.74. The number of nitrogens with one attached hydrogen (secondary N) is 1. The minimum absolute atomic E-state index is 0.679. The third-order valence-corrected chi connectivity index (χ3v) is 4.12. The molecule has 1 aliphatic rings. The molecule has 0 radical (unpaired) electrons. The number of aromatic nitrogens is 4. The largest absolute Gasteiger partial charge is 0.317 e. The minimum atomic E-state index is 0.679. The quantitative estimate of drug-likeness (QED) is 0.939. The summed E-state index contributed by atoms with van der Waals surface area (Å²) in [7, 11) is 0. The number of hydrogen-bond acceptors (Lipinski definition) is 4. The predicted molar refractivity (Wildman–Crippen MR) is 76.2 cm³/mol. The molecule has 0 atom stereocenters. The maximum Gasteiger partial charge on any atom is 0.175 e. The molecule has 6 heteroatoms. The number of hydrogen-bond donors (Lipinski definition) is 1. The summed E-state index contributed by atoms with van der Waals surface area (Å²) in [4.78, 5) is 1.60. The van der Waals surface area contributed by atoms with Crippen molar-refractivity contribution in [3.05, 3.63) is 34.6 Å². The molecule has 0 bridgehead atoms. The van der Waals surface area contributed by atoms with Crippen LogP contribution in [-0.2, 0) is 6.42 Å². The first-order chi connectivity index (χ1) is 9.33. The topological polar surface area (TPSA) is 55.6 Å². The molecule has 0 saturated carbocycles. The summed E-state index contributed by atoms with van der Waals surface area (Å²) in [6, 6.07) is 7.89. The Bertz CT molecular complexity index is 547. The van der Waals surface area contributed by atoms with E-state index in [2.05, 4.69) is 36.7 Å². The van der Waals surface area contributed by atoms with Crippen molar-refractivity contribution in [1.82, 2.24) is 25.5 Å². The lowest BCUT2D eigenvalue weighted by atomic mass is 9.94. The molecular weight excluding hydrogens is 306 g/mol. The van der Waals surface area contributed by atoms with Crippen molar-refractivity contribution in [3.8, 4) is 5.69 Å². The van der Waals surface area contributed by atoms with Gasteiger partial charge in [-0.15, -0.1) is 15.0 Å². The molecule has 0 unspecified atom stereocenters. The molecule has 5 nitrogen and oxygen atoms in total. The highest BCUT2D eigenvalue weighted by Crippen LogP contribution is 2.19. The van der Waals surface area contributed by atoms with Crippen molar-refractivity contribution in [1.29, 1.82) is 0 Å². The van der Waals surface area contributed by atoms with Crippen LogP contribution in [0.25, 0.3) is 5.69 Å². The highest BCUT2D eigenvalue weighted by Gasteiger charge is 2.16. The van der Waals surface area contributed by atoms with Crippen LogP contribution in [0, 0.1) is 5.92 Å². The lowest BCUT2D eigenvalue weighted by Crippen LogP contribution is -2.28. The van der Waals surface area contributed by atoms with Crippen LogP contribution in [-0.4, -0.2) is 33.3 Å². The van der Waals surface area contributed by atoms with Crippen molar-refractivity contribution in [3.63, 3.8) is 0 Å². The maximum atomic E-state index is 4.48. The number of nitrogens with zero attached hydrogens (tertiary/aromatic N) is 4. The van der Waals surface area contributed by atoms with Gasteiger partial charge < -0.3 is 5.32 Å². The van der Waals surface area contributed by atoms with Crippen LogP contribution in [0.1, 0.15) is 18.7 Å². The molecule has 1 fully saturated rings. The Labute approximate surface area is 120 Å². The first kappa shape index (κ1) is 12.7. The van der Waals surface area contributed by atoms with E-state index >= 15 is 0 Å². The monoisotopic (exact) mass is 321 g/mol. The van der Waals surface area contributed by atoms with Gasteiger partial charge in [-0.2, -0.15) is 0 Å². The lowest BCUT2D eigenvalue weighted by Gasteiger charge is -2.20. The molecule has 1 aromatic heterocycles. The average molecular weight is 322 g/mol. The third kappa shape index (κ3) is 3.01. The fourth-order valence-electron chi connectivity index (χ4n) is 2.38. The molecule has 2 heterocycles. The van der Waals surface area contributed by atoms with Crippen LogP contribution in [0.3, 0.4) is 0 Å².